The Kier molecular flexibility index (Phi) is 3.81. The van der Waals surface area contributed by atoms with E-state index in [1.807, 2.05) is 12.3 Å². The number of nitrogens with zero attached hydrogens (tertiary/aromatic N) is 2. The van der Waals surface area contributed by atoms with Crippen LogP contribution in [0.5, 0.6) is 0 Å². The van der Waals surface area contributed by atoms with Crippen molar-refractivity contribution in [2.24, 2.45) is 0 Å². The predicted octanol–water partition coefficient (Wildman–Crippen LogP) is 2.65. The van der Waals surface area contributed by atoms with E-state index >= 15 is 0 Å². The van der Waals surface area contributed by atoms with E-state index in [1.165, 1.54) is 17.4 Å². The monoisotopic (exact) mass is 324 g/mol. The smallest absolute Gasteiger partial charge is 0.267 e. The third-order valence-electron chi connectivity index (χ3n) is 3.14. The second-order valence-corrected chi connectivity index (χ2v) is 7.35. The van der Waals surface area contributed by atoms with Crippen molar-refractivity contribution in [3.63, 3.8) is 0 Å². The van der Waals surface area contributed by atoms with Gasteiger partial charge in [-0.25, -0.2) is 18.4 Å². The summed E-state index contributed by atoms with van der Waals surface area (Å²) in [6.45, 7) is 2.49. The summed E-state index contributed by atoms with van der Waals surface area (Å²) in [5, 5.41) is 5.28. The van der Waals surface area contributed by atoms with Gasteiger partial charge in [-0.3, -0.25) is 4.72 Å². The molecule has 0 aromatic carbocycles. The molecule has 0 unspecified atom stereocenters. The Morgan fingerprint density at radius 3 is 2.95 bits per heavy atom. The van der Waals surface area contributed by atoms with Crippen LogP contribution < -0.4 is 10.0 Å². The number of anilines is 2. The highest BCUT2D eigenvalue weighted by Crippen LogP contribution is 2.41. The van der Waals surface area contributed by atoms with Crippen LogP contribution in [0.1, 0.15) is 31.4 Å². The van der Waals surface area contributed by atoms with Gasteiger partial charge in [-0.2, -0.15) is 0 Å². The molecule has 2 heterocycles. The fourth-order valence-electron chi connectivity index (χ4n) is 1.98. The van der Waals surface area contributed by atoms with Crippen LogP contribution in [0.2, 0.25) is 0 Å². The minimum Gasteiger partial charge on any atom is -0.369 e. The van der Waals surface area contributed by atoms with E-state index < -0.39 is 10.0 Å². The van der Waals surface area contributed by atoms with Crippen molar-refractivity contribution in [2.45, 2.75) is 30.6 Å². The Hall–Kier alpha value is -1.67. The Balaban J connectivity index is 1.85. The molecule has 2 N–H and O–H groups in total. The van der Waals surface area contributed by atoms with Crippen molar-refractivity contribution >= 4 is 32.3 Å². The summed E-state index contributed by atoms with van der Waals surface area (Å²) in [6.07, 6.45) is 3.85. The van der Waals surface area contributed by atoms with Gasteiger partial charge in [-0.05, 0) is 31.9 Å². The van der Waals surface area contributed by atoms with Gasteiger partial charge in [0.1, 0.15) is 10.7 Å². The van der Waals surface area contributed by atoms with Gasteiger partial charge in [0.15, 0.2) is 5.13 Å². The van der Waals surface area contributed by atoms with Gasteiger partial charge in [-0.1, -0.05) is 0 Å². The highest BCUT2D eigenvalue weighted by atomic mass is 32.2. The van der Waals surface area contributed by atoms with Gasteiger partial charge in [0.2, 0.25) is 0 Å². The molecule has 21 heavy (non-hydrogen) atoms. The van der Waals surface area contributed by atoms with Crippen molar-refractivity contribution < 1.29 is 8.42 Å². The molecule has 6 nitrogen and oxygen atoms in total. The number of aromatic nitrogens is 2. The average molecular weight is 324 g/mol. The summed E-state index contributed by atoms with van der Waals surface area (Å²) in [7, 11) is -3.69. The predicted molar refractivity (Wildman–Crippen MR) is 83.3 cm³/mol. The lowest BCUT2D eigenvalue weighted by atomic mass is 10.3. The van der Waals surface area contributed by atoms with Crippen LogP contribution in [0.15, 0.2) is 28.6 Å². The molecule has 2 aromatic heterocycles. The van der Waals surface area contributed by atoms with Crippen LogP contribution in [0.3, 0.4) is 0 Å². The molecule has 0 bridgehead atoms. The van der Waals surface area contributed by atoms with E-state index in [1.54, 1.807) is 12.3 Å². The van der Waals surface area contributed by atoms with Crippen LogP contribution in [0.25, 0.3) is 0 Å². The first kappa shape index (κ1) is 14.3. The maximum atomic E-state index is 12.5. The van der Waals surface area contributed by atoms with Crippen LogP contribution >= 0.6 is 11.3 Å². The number of hydrogen-bond acceptors (Lipinski definition) is 6. The standard InChI is InChI=1S/C13H16N4O2S2/c1-2-14-12-11(4-3-7-15-12)21(18,19)17-13-16-10(8-20-13)9-5-6-9/h3-4,7-9H,2,5-6H2,1H3,(H,14,15)(H,16,17). The lowest BCUT2D eigenvalue weighted by Crippen LogP contribution is -2.16. The van der Waals surface area contributed by atoms with Crippen molar-refractivity contribution in [3.05, 3.63) is 29.4 Å². The van der Waals surface area contributed by atoms with Gasteiger partial charge in [0, 0.05) is 24.0 Å². The number of hydrogen-bond donors (Lipinski definition) is 2. The molecule has 1 aliphatic rings. The molecular weight excluding hydrogens is 308 g/mol. The lowest BCUT2D eigenvalue weighted by molar-refractivity contribution is 0.601. The summed E-state index contributed by atoms with van der Waals surface area (Å²) < 4.78 is 27.5. The number of nitrogens with one attached hydrogen (secondary N) is 2. The summed E-state index contributed by atoms with van der Waals surface area (Å²) in [6, 6.07) is 3.13. The molecule has 3 rings (SSSR count). The number of pyridine rings is 1. The van der Waals surface area contributed by atoms with Gasteiger partial charge < -0.3 is 5.32 Å². The zero-order valence-corrected chi connectivity index (χ0v) is 13.2. The maximum Gasteiger partial charge on any atom is 0.267 e. The first-order chi connectivity index (χ1) is 10.1. The highest BCUT2D eigenvalue weighted by molar-refractivity contribution is 7.93. The fourth-order valence-corrected chi connectivity index (χ4v) is 4.16. The summed E-state index contributed by atoms with van der Waals surface area (Å²) in [5.74, 6) is 0.863. The summed E-state index contributed by atoms with van der Waals surface area (Å²) in [4.78, 5) is 8.55. The first-order valence-electron chi connectivity index (χ1n) is 6.77. The number of thiazole rings is 1. The molecular formula is C13H16N4O2S2. The minimum absolute atomic E-state index is 0.134. The van der Waals surface area contributed by atoms with E-state index in [0.29, 0.717) is 23.4 Å². The van der Waals surface area contributed by atoms with E-state index in [-0.39, 0.29) is 4.90 Å². The second-order valence-electron chi connectivity index (χ2n) is 4.84. The molecule has 2 aromatic rings. The molecule has 8 heteroatoms. The van der Waals surface area contributed by atoms with E-state index in [2.05, 4.69) is 20.0 Å². The quantitative estimate of drug-likeness (QED) is 0.853. The molecule has 0 radical (unpaired) electrons. The molecule has 0 spiro atoms. The van der Waals surface area contributed by atoms with Gasteiger partial charge in [-0.15, -0.1) is 11.3 Å². The Morgan fingerprint density at radius 1 is 1.43 bits per heavy atom. The van der Waals surface area contributed by atoms with Crippen molar-refractivity contribution in [1.29, 1.82) is 0 Å². The molecule has 0 aliphatic heterocycles. The van der Waals surface area contributed by atoms with Crippen LogP contribution in [-0.4, -0.2) is 24.9 Å². The Labute approximate surface area is 127 Å². The lowest BCUT2D eigenvalue weighted by Gasteiger charge is -2.10. The largest absolute Gasteiger partial charge is 0.369 e. The fraction of sp³-hybridized carbons (Fsp3) is 0.385. The molecule has 0 saturated heterocycles. The average Bonchev–Trinajstić information content (AvgIpc) is 3.21. The summed E-state index contributed by atoms with van der Waals surface area (Å²) >= 11 is 1.32. The van der Waals surface area contributed by atoms with Crippen molar-refractivity contribution in [1.82, 2.24) is 9.97 Å². The molecule has 112 valence electrons. The zero-order chi connectivity index (χ0) is 14.9. The zero-order valence-electron chi connectivity index (χ0n) is 11.5. The van der Waals surface area contributed by atoms with Gasteiger partial charge in [0.25, 0.3) is 10.0 Å². The van der Waals surface area contributed by atoms with Crippen LogP contribution in [0.4, 0.5) is 10.9 Å². The number of rotatable bonds is 6. The number of sulfonamides is 1. The second kappa shape index (κ2) is 5.61. The third kappa shape index (κ3) is 3.16. The normalized spacial score (nSPS) is 14.9. The van der Waals surface area contributed by atoms with Crippen LogP contribution in [0, 0.1) is 0 Å². The SMILES string of the molecule is CCNc1ncccc1S(=O)(=O)Nc1nc(C2CC2)cs1. The summed E-state index contributed by atoms with van der Waals surface area (Å²) in [5.41, 5.74) is 0.982. The maximum absolute atomic E-state index is 12.5. The Morgan fingerprint density at radius 2 is 2.24 bits per heavy atom. The van der Waals surface area contributed by atoms with Crippen molar-refractivity contribution in [3.8, 4) is 0 Å². The van der Waals surface area contributed by atoms with E-state index in [4.69, 9.17) is 0 Å². The van der Waals surface area contributed by atoms with Gasteiger partial charge >= 0.3 is 0 Å². The third-order valence-corrected chi connectivity index (χ3v) is 5.42. The molecule has 1 fully saturated rings. The van der Waals surface area contributed by atoms with E-state index in [0.717, 1.165) is 18.5 Å². The van der Waals surface area contributed by atoms with Crippen molar-refractivity contribution in [2.75, 3.05) is 16.6 Å². The molecule has 1 aliphatic carbocycles. The van der Waals surface area contributed by atoms with Gasteiger partial charge in [0.05, 0.1) is 5.69 Å². The Bertz CT molecular complexity index is 738. The minimum atomic E-state index is -3.69. The first-order valence-corrected chi connectivity index (χ1v) is 9.13. The van der Waals surface area contributed by atoms with E-state index in [9.17, 15) is 8.42 Å². The molecule has 0 amide bonds. The highest BCUT2D eigenvalue weighted by Gasteiger charge is 2.27. The molecule has 1 saturated carbocycles. The molecule has 0 atom stereocenters. The van der Waals surface area contributed by atoms with Crippen LogP contribution in [-0.2, 0) is 10.0 Å². The topological polar surface area (TPSA) is 84.0 Å².